The number of aromatic amines is 1. The Kier molecular flexibility index (Phi) is 4.02. The number of aromatic nitrogens is 5. The molecule has 2 aromatic heterocycles. The first-order valence-corrected chi connectivity index (χ1v) is 7.71. The van der Waals surface area contributed by atoms with Gasteiger partial charge in [-0.25, -0.2) is 10.1 Å². The number of anilines is 2. The molecule has 0 fully saturated rings. The molecule has 26 heavy (non-hydrogen) atoms. The highest BCUT2D eigenvalue weighted by atomic mass is 16.4. The summed E-state index contributed by atoms with van der Waals surface area (Å²) in [6.45, 7) is 0. The maximum absolute atomic E-state index is 5.77. The van der Waals surface area contributed by atoms with E-state index in [9.17, 15) is 0 Å². The van der Waals surface area contributed by atoms with Gasteiger partial charge < -0.3 is 15.5 Å². The highest BCUT2D eigenvalue weighted by Crippen LogP contribution is 2.26. The molecule has 4 N–H and O–H groups in total. The zero-order valence-corrected chi connectivity index (χ0v) is 13.5. The minimum atomic E-state index is 0.388. The van der Waals surface area contributed by atoms with E-state index in [0.29, 0.717) is 17.6 Å². The lowest BCUT2D eigenvalue weighted by Crippen LogP contribution is -1.91. The van der Waals surface area contributed by atoms with Crippen molar-refractivity contribution in [2.75, 3.05) is 5.32 Å². The average Bonchev–Trinajstić information content (AvgIpc) is 3.35. The van der Waals surface area contributed by atoms with Crippen LogP contribution in [0.25, 0.3) is 22.7 Å². The van der Waals surface area contributed by atoms with E-state index >= 15 is 0 Å². The van der Waals surface area contributed by atoms with Crippen molar-refractivity contribution < 1.29 is 4.42 Å². The van der Waals surface area contributed by atoms with Crippen molar-refractivity contribution in [2.45, 2.75) is 0 Å². The lowest BCUT2D eigenvalue weighted by atomic mass is 10.1. The van der Waals surface area contributed by atoms with Gasteiger partial charge in [0.15, 0.2) is 11.6 Å². The quantitative estimate of drug-likeness (QED) is 0.385. The molecule has 0 atom stereocenters. The van der Waals surface area contributed by atoms with Gasteiger partial charge in [0, 0.05) is 28.4 Å². The molecular formula is C18H13N7O. The number of nitrogens with zero attached hydrogens (tertiary/aromatic N) is 4. The number of nitrogens with one attached hydrogen (secondary N) is 2. The van der Waals surface area contributed by atoms with Crippen LogP contribution in [-0.4, -0.2) is 25.6 Å². The van der Waals surface area contributed by atoms with Crippen molar-refractivity contribution in [1.82, 2.24) is 25.6 Å². The Morgan fingerprint density at radius 1 is 1.08 bits per heavy atom. The summed E-state index contributed by atoms with van der Waals surface area (Å²) in [5.74, 6) is 4.03. The molecule has 0 radical (unpaired) electrons. The molecule has 0 aliphatic carbocycles. The van der Waals surface area contributed by atoms with Gasteiger partial charge in [0.05, 0.1) is 6.20 Å². The van der Waals surface area contributed by atoms with Crippen LogP contribution < -0.4 is 11.1 Å². The van der Waals surface area contributed by atoms with Crippen LogP contribution in [0.5, 0.6) is 0 Å². The van der Waals surface area contributed by atoms with E-state index in [1.54, 1.807) is 6.20 Å². The summed E-state index contributed by atoms with van der Waals surface area (Å²) < 4.78 is 5.77. The molecule has 0 saturated heterocycles. The van der Waals surface area contributed by atoms with Crippen LogP contribution in [0.3, 0.4) is 0 Å². The van der Waals surface area contributed by atoms with Crippen molar-refractivity contribution in [3.8, 4) is 34.7 Å². The minimum absolute atomic E-state index is 0.388. The lowest BCUT2D eigenvalue weighted by Gasteiger charge is -2.03. The summed E-state index contributed by atoms with van der Waals surface area (Å²) >= 11 is 0. The maximum Gasteiger partial charge on any atom is 0.299 e. The van der Waals surface area contributed by atoms with Crippen LogP contribution in [0, 0.1) is 12.0 Å². The molecule has 4 rings (SSSR count). The van der Waals surface area contributed by atoms with Crippen LogP contribution in [0.2, 0.25) is 0 Å². The molecule has 0 saturated carbocycles. The highest BCUT2D eigenvalue weighted by molar-refractivity contribution is 5.65. The van der Waals surface area contributed by atoms with E-state index in [2.05, 4.69) is 42.9 Å². The Morgan fingerprint density at radius 3 is 2.73 bits per heavy atom. The fourth-order valence-electron chi connectivity index (χ4n) is 2.42. The summed E-state index contributed by atoms with van der Waals surface area (Å²) in [6, 6.07) is 17.9. The van der Waals surface area contributed by atoms with Crippen molar-refractivity contribution in [2.24, 2.45) is 5.73 Å². The number of tetrazole rings is 1. The summed E-state index contributed by atoms with van der Waals surface area (Å²) in [6.07, 6.45) is 1.66. The first kappa shape index (κ1) is 15.4. The minimum Gasteiger partial charge on any atom is -0.423 e. The molecule has 2 aromatic carbocycles. The monoisotopic (exact) mass is 343 g/mol. The second kappa shape index (κ2) is 6.78. The predicted octanol–water partition coefficient (Wildman–Crippen LogP) is 2.53. The van der Waals surface area contributed by atoms with E-state index in [1.165, 1.54) is 0 Å². The van der Waals surface area contributed by atoms with Gasteiger partial charge in [-0.15, -0.1) is 5.10 Å². The molecule has 0 unspecified atom stereocenters. The first-order valence-electron chi connectivity index (χ1n) is 7.71. The molecule has 0 aliphatic rings. The van der Waals surface area contributed by atoms with Gasteiger partial charge in [0.25, 0.3) is 6.01 Å². The molecule has 0 aliphatic heterocycles. The number of rotatable bonds is 4. The Morgan fingerprint density at radius 2 is 1.96 bits per heavy atom. The van der Waals surface area contributed by atoms with Crippen LogP contribution in [-0.2, 0) is 0 Å². The van der Waals surface area contributed by atoms with E-state index in [0.717, 1.165) is 22.4 Å². The molecule has 8 nitrogen and oxygen atoms in total. The van der Waals surface area contributed by atoms with Crippen molar-refractivity contribution in [1.29, 1.82) is 0 Å². The van der Waals surface area contributed by atoms with Gasteiger partial charge >= 0.3 is 0 Å². The van der Waals surface area contributed by atoms with Gasteiger partial charge in [-0.2, -0.15) is 0 Å². The smallest absolute Gasteiger partial charge is 0.299 e. The Balaban J connectivity index is 1.53. The van der Waals surface area contributed by atoms with E-state index in [4.69, 9.17) is 10.2 Å². The first-order chi connectivity index (χ1) is 12.8. The molecule has 0 spiro atoms. The Labute approximate surface area is 148 Å². The average molecular weight is 343 g/mol. The standard InChI is InChI=1S/C18H13N7O/c19-9-8-12-4-6-13(7-5-12)16-11-20-18(26-16)21-15-3-1-2-14(10-15)17-22-24-25-23-17/h1-7,10-11H,19H2,(H,20,21)(H,22,23,24,25). The van der Waals surface area contributed by atoms with Crippen molar-refractivity contribution >= 4 is 11.7 Å². The number of oxazole rings is 1. The van der Waals surface area contributed by atoms with E-state index in [1.807, 2.05) is 48.5 Å². The topological polar surface area (TPSA) is 119 Å². The van der Waals surface area contributed by atoms with E-state index < -0.39 is 0 Å². The normalized spacial score (nSPS) is 10.2. The molecule has 4 aromatic rings. The zero-order valence-electron chi connectivity index (χ0n) is 13.5. The number of hydrogen-bond donors (Lipinski definition) is 3. The van der Waals surface area contributed by atoms with Crippen LogP contribution in [0.4, 0.5) is 11.7 Å². The third kappa shape index (κ3) is 3.22. The van der Waals surface area contributed by atoms with Crippen molar-refractivity contribution in [3.05, 3.63) is 60.3 Å². The SMILES string of the molecule is NC#Cc1ccc(-c2cnc(Nc3cccc(-c4nnn[nH]4)c3)o2)cc1. The number of H-pyrrole nitrogens is 1. The largest absolute Gasteiger partial charge is 0.423 e. The lowest BCUT2D eigenvalue weighted by molar-refractivity contribution is 0.592. The number of hydrogen-bond acceptors (Lipinski definition) is 7. The van der Waals surface area contributed by atoms with Crippen LogP contribution >= 0.6 is 0 Å². The van der Waals surface area contributed by atoms with Gasteiger partial charge in [0.1, 0.15) is 0 Å². The highest BCUT2D eigenvalue weighted by Gasteiger charge is 2.08. The third-order valence-corrected chi connectivity index (χ3v) is 3.62. The zero-order chi connectivity index (χ0) is 17.8. The molecule has 0 amide bonds. The third-order valence-electron chi connectivity index (χ3n) is 3.62. The summed E-state index contributed by atoms with van der Waals surface area (Å²) in [4.78, 5) is 4.27. The second-order valence-electron chi connectivity index (χ2n) is 5.33. The predicted molar refractivity (Wildman–Crippen MR) is 95.9 cm³/mol. The molecular weight excluding hydrogens is 330 g/mol. The maximum atomic E-state index is 5.77. The van der Waals surface area contributed by atoms with E-state index in [-0.39, 0.29) is 0 Å². The van der Waals surface area contributed by atoms with Gasteiger partial charge in [-0.1, -0.05) is 12.1 Å². The second-order valence-corrected chi connectivity index (χ2v) is 5.33. The molecule has 0 bridgehead atoms. The fraction of sp³-hybridized carbons (Fsp3) is 0. The number of benzene rings is 2. The van der Waals surface area contributed by atoms with Crippen LogP contribution in [0.15, 0.2) is 59.1 Å². The van der Waals surface area contributed by atoms with Crippen molar-refractivity contribution in [3.63, 3.8) is 0 Å². The fourth-order valence-corrected chi connectivity index (χ4v) is 2.42. The van der Waals surface area contributed by atoms with Gasteiger partial charge in [-0.05, 0) is 52.7 Å². The molecule has 8 heteroatoms. The molecule has 126 valence electrons. The Bertz CT molecular complexity index is 1070. The summed E-state index contributed by atoms with van der Waals surface area (Å²) in [5.41, 5.74) is 8.61. The number of nitrogens with two attached hydrogens (primary N) is 1. The molecule has 2 heterocycles. The van der Waals surface area contributed by atoms with Crippen LogP contribution in [0.1, 0.15) is 5.56 Å². The summed E-state index contributed by atoms with van der Waals surface area (Å²) in [7, 11) is 0. The van der Waals surface area contributed by atoms with Gasteiger partial charge in [0.2, 0.25) is 0 Å². The summed E-state index contributed by atoms with van der Waals surface area (Å²) in [5, 5.41) is 16.9. The van der Waals surface area contributed by atoms with Gasteiger partial charge in [-0.3, -0.25) is 0 Å². The Hall–Kier alpha value is -4.12.